The van der Waals surface area contributed by atoms with E-state index in [0.29, 0.717) is 5.56 Å². The maximum absolute atomic E-state index is 14.3. The zero-order valence-corrected chi connectivity index (χ0v) is 30.8. The molecule has 16 nitrogen and oxygen atoms in total. The van der Waals surface area contributed by atoms with Crippen LogP contribution in [0.4, 0.5) is 4.79 Å². The molecule has 1 heterocycles. The number of amides is 2. The van der Waals surface area contributed by atoms with Crippen LogP contribution < -0.4 is 26.6 Å². The molecular formula is C34H46N6O10S. The first-order chi connectivity index (χ1) is 24.0. The topological polar surface area (TPSA) is 227 Å². The summed E-state index contributed by atoms with van der Waals surface area (Å²) in [7, 11) is -2.87. The summed E-state index contributed by atoms with van der Waals surface area (Å²) in [6.07, 6.45) is -0.954. The van der Waals surface area contributed by atoms with E-state index in [0.717, 1.165) is 4.57 Å². The minimum atomic E-state index is -4.09. The second-order valence-electron chi connectivity index (χ2n) is 12.3. The van der Waals surface area contributed by atoms with Crippen LogP contribution in [0.5, 0.6) is 0 Å². The molecule has 278 valence electrons. The fourth-order valence-corrected chi connectivity index (χ4v) is 6.12. The van der Waals surface area contributed by atoms with Gasteiger partial charge in [-0.15, -0.1) is 0 Å². The summed E-state index contributed by atoms with van der Waals surface area (Å²) < 4.78 is 45.1. The van der Waals surface area contributed by atoms with Crippen molar-refractivity contribution in [3.05, 3.63) is 63.2 Å². The van der Waals surface area contributed by atoms with Crippen LogP contribution in [0.1, 0.15) is 61.9 Å². The number of esters is 2. The molecule has 0 radical (unpaired) electrons. The molecule has 0 saturated heterocycles. The number of nitrogens with one attached hydrogen (secondary N) is 3. The Morgan fingerprint density at radius 2 is 1.67 bits per heavy atom. The second-order valence-corrected chi connectivity index (χ2v) is 14.2. The van der Waals surface area contributed by atoms with Gasteiger partial charge in [-0.3, -0.25) is 14.2 Å². The van der Waals surface area contributed by atoms with E-state index in [1.165, 1.54) is 37.4 Å². The lowest BCUT2D eigenvalue weighted by Gasteiger charge is -2.24. The van der Waals surface area contributed by atoms with Gasteiger partial charge in [0.25, 0.3) is 5.56 Å². The number of rotatable bonds is 15. The van der Waals surface area contributed by atoms with Crippen molar-refractivity contribution in [2.24, 2.45) is 17.6 Å². The normalized spacial score (nSPS) is 12.8. The molecule has 0 aliphatic carbocycles. The average molecular weight is 731 g/mol. The van der Waals surface area contributed by atoms with E-state index in [4.69, 9.17) is 19.9 Å². The Bertz CT molecular complexity index is 1960. The van der Waals surface area contributed by atoms with Gasteiger partial charge in [-0.05, 0) is 69.0 Å². The van der Waals surface area contributed by atoms with E-state index in [-0.39, 0.29) is 70.0 Å². The van der Waals surface area contributed by atoms with Crippen LogP contribution in [0, 0.1) is 25.7 Å². The molecule has 0 fully saturated rings. The number of sulfonamides is 1. The van der Waals surface area contributed by atoms with Gasteiger partial charge in [0.05, 0.1) is 41.3 Å². The summed E-state index contributed by atoms with van der Waals surface area (Å²) in [5, 5.41) is 5.09. The molecule has 0 spiro atoms. The molecule has 5 N–H and O–H groups in total. The number of para-hydroxylation sites is 1. The Labute approximate surface area is 296 Å². The van der Waals surface area contributed by atoms with E-state index in [2.05, 4.69) is 20.3 Å². The predicted octanol–water partition coefficient (Wildman–Crippen LogP) is 1.98. The Kier molecular flexibility index (Phi) is 13.8. The van der Waals surface area contributed by atoms with Crippen molar-refractivity contribution in [3.63, 3.8) is 0 Å². The zero-order valence-electron chi connectivity index (χ0n) is 30.0. The van der Waals surface area contributed by atoms with Gasteiger partial charge in [-0.2, -0.15) is 0 Å². The molecule has 0 saturated carbocycles. The number of hydrogen-bond donors (Lipinski definition) is 4. The van der Waals surface area contributed by atoms with Gasteiger partial charge >= 0.3 is 18.0 Å². The minimum Gasteiger partial charge on any atom is -0.462 e. The average Bonchev–Trinajstić information content (AvgIpc) is 3.07. The van der Waals surface area contributed by atoms with E-state index in [1.807, 2.05) is 0 Å². The standard InChI is InChI=1S/C34H46N6O10S/c1-9-48-32(43)26-20(6)16-22-27(21(26)7)31(42)40(23-12-10-11-13-24(23)51(46,47)36-8)25(38-22)17-50-34(45)37-14-15-49-33(44)29(19(4)5)39-30(41)28(35)18(2)3/h10-13,16,18-19,28-29,36H,9,14-15,17,35H2,1-8H3,(H,37,45)(H,39,41)/t28-,29+/m1/s1. The molecule has 2 amide bonds. The molecule has 2 atom stereocenters. The maximum atomic E-state index is 14.3. The summed E-state index contributed by atoms with van der Waals surface area (Å²) in [6.45, 7) is 11.0. The lowest BCUT2D eigenvalue weighted by Crippen LogP contribution is -2.52. The smallest absolute Gasteiger partial charge is 0.407 e. The third kappa shape index (κ3) is 9.47. The molecule has 1 aromatic heterocycles. The summed E-state index contributed by atoms with van der Waals surface area (Å²) >= 11 is 0. The van der Waals surface area contributed by atoms with Gasteiger partial charge in [-0.1, -0.05) is 39.8 Å². The van der Waals surface area contributed by atoms with Crippen molar-refractivity contribution in [2.75, 3.05) is 26.8 Å². The van der Waals surface area contributed by atoms with Crippen molar-refractivity contribution in [1.29, 1.82) is 0 Å². The molecule has 2 aromatic carbocycles. The van der Waals surface area contributed by atoms with E-state index >= 15 is 0 Å². The maximum Gasteiger partial charge on any atom is 0.407 e. The quantitative estimate of drug-likeness (QED) is 0.100. The van der Waals surface area contributed by atoms with Crippen molar-refractivity contribution in [2.45, 2.75) is 72.1 Å². The van der Waals surface area contributed by atoms with Gasteiger partial charge in [0.1, 0.15) is 17.5 Å². The Balaban J connectivity index is 1.90. The van der Waals surface area contributed by atoms with Crippen LogP contribution in [-0.4, -0.2) is 80.8 Å². The Hall–Kier alpha value is -4.87. The molecule has 3 aromatic rings. The molecule has 3 rings (SSSR count). The Morgan fingerprint density at radius 3 is 2.27 bits per heavy atom. The number of benzene rings is 2. The molecule has 0 bridgehead atoms. The summed E-state index contributed by atoms with van der Waals surface area (Å²) in [4.78, 5) is 69.2. The highest BCUT2D eigenvalue weighted by molar-refractivity contribution is 7.89. The predicted molar refractivity (Wildman–Crippen MR) is 188 cm³/mol. The number of fused-ring (bicyclic) bond motifs is 1. The number of carbonyl (C=O) groups is 4. The number of aromatic nitrogens is 2. The van der Waals surface area contributed by atoms with Gasteiger partial charge in [0.15, 0.2) is 12.4 Å². The first-order valence-electron chi connectivity index (χ1n) is 16.4. The third-order valence-corrected chi connectivity index (χ3v) is 9.47. The van der Waals surface area contributed by atoms with E-state index < -0.39 is 58.2 Å². The van der Waals surface area contributed by atoms with Gasteiger partial charge < -0.3 is 30.6 Å². The van der Waals surface area contributed by atoms with Crippen molar-refractivity contribution >= 4 is 44.9 Å². The fraction of sp³-hybridized carbons (Fsp3) is 0.471. The summed E-state index contributed by atoms with van der Waals surface area (Å²) in [5.74, 6) is -2.39. The van der Waals surface area contributed by atoms with Crippen LogP contribution in [-0.2, 0) is 40.4 Å². The highest BCUT2D eigenvalue weighted by atomic mass is 32.2. The Morgan fingerprint density at radius 1 is 1.00 bits per heavy atom. The van der Waals surface area contributed by atoms with Crippen molar-refractivity contribution in [3.8, 4) is 5.69 Å². The zero-order chi connectivity index (χ0) is 38.2. The van der Waals surface area contributed by atoms with Crippen LogP contribution in [0.2, 0.25) is 0 Å². The number of alkyl carbamates (subject to hydrolysis) is 1. The first-order valence-corrected chi connectivity index (χ1v) is 17.8. The lowest BCUT2D eigenvalue weighted by atomic mass is 9.98. The third-order valence-electron chi connectivity index (χ3n) is 8.01. The first kappa shape index (κ1) is 40.6. The highest BCUT2D eigenvalue weighted by Crippen LogP contribution is 2.26. The highest BCUT2D eigenvalue weighted by Gasteiger charge is 2.29. The van der Waals surface area contributed by atoms with Crippen LogP contribution in [0.3, 0.4) is 0 Å². The van der Waals surface area contributed by atoms with Crippen LogP contribution in [0.25, 0.3) is 16.6 Å². The molecular weight excluding hydrogens is 684 g/mol. The van der Waals surface area contributed by atoms with Gasteiger partial charge in [0, 0.05) is 0 Å². The molecule has 0 aliphatic heterocycles. The number of nitrogens with two attached hydrogens (primary N) is 1. The molecule has 0 unspecified atom stereocenters. The minimum absolute atomic E-state index is 0.0393. The lowest BCUT2D eigenvalue weighted by molar-refractivity contribution is -0.149. The number of nitrogens with zero attached hydrogens (tertiary/aromatic N) is 2. The van der Waals surface area contributed by atoms with E-state index in [1.54, 1.807) is 48.5 Å². The van der Waals surface area contributed by atoms with Crippen molar-refractivity contribution in [1.82, 2.24) is 24.9 Å². The fourth-order valence-electron chi connectivity index (χ4n) is 5.21. The largest absolute Gasteiger partial charge is 0.462 e. The SMILES string of the molecule is CCOC(=O)c1c(C)cc2nc(COC(=O)NCCOC(=O)[C@@H](NC(=O)[C@H](N)C(C)C)C(C)C)n(-c3ccccc3S(=O)(=O)NC)c(=O)c2c1C. The second kappa shape index (κ2) is 17.4. The number of ether oxygens (including phenoxy) is 3. The monoisotopic (exact) mass is 730 g/mol. The molecule has 51 heavy (non-hydrogen) atoms. The summed E-state index contributed by atoms with van der Waals surface area (Å²) in [6, 6.07) is 5.47. The van der Waals surface area contributed by atoms with E-state index in [9.17, 15) is 32.4 Å². The summed E-state index contributed by atoms with van der Waals surface area (Å²) in [5.41, 5.74) is 6.23. The molecule has 17 heteroatoms. The van der Waals surface area contributed by atoms with Gasteiger partial charge in [0.2, 0.25) is 15.9 Å². The molecule has 0 aliphatic rings. The van der Waals surface area contributed by atoms with Crippen molar-refractivity contribution < 1.29 is 41.8 Å². The number of carbonyl (C=O) groups excluding carboxylic acids is 4. The number of hydrogen-bond acceptors (Lipinski definition) is 12. The number of aryl methyl sites for hydroxylation is 2. The van der Waals surface area contributed by atoms with Crippen LogP contribution >= 0.6 is 0 Å². The van der Waals surface area contributed by atoms with Gasteiger partial charge in [-0.25, -0.2) is 32.5 Å². The van der Waals surface area contributed by atoms with Crippen LogP contribution in [0.15, 0.2) is 40.0 Å².